The number of amides is 1. The molecule has 0 fully saturated rings. The van der Waals surface area contributed by atoms with Gasteiger partial charge in [-0.15, -0.1) is 0 Å². The maximum Gasteiger partial charge on any atom is 0.222 e. The van der Waals surface area contributed by atoms with E-state index in [-0.39, 0.29) is 12.3 Å². The van der Waals surface area contributed by atoms with E-state index in [4.69, 9.17) is 0 Å². The van der Waals surface area contributed by atoms with E-state index in [1.807, 2.05) is 32.8 Å². The Labute approximate surface area is 86.3 Å². The number of likely N-dealkylation sites (N-methyl/N-ethyl adjacent to an activating group) is 1. The Hall–Kier alpha value is -0.610. The smallest absolute Gasteiger partial charge is 0.222 e. The molecule has 0 aromatic heterocycles. The zero-order valence-corrected chi connectivity index (χ0v) is 9.58. The minimum atomic E-state index is -0.572. The number of hydrogen-bond donors (Lipinski definition) is 2. The summed E-state index contributed by atoms with van der Waals surface area (Å²) in [5, 5.41) is 12.2. The summed E-state index contributed by atoms with van der Waals surface area (Å²) >= 11 is 0. The molecule has 0 unspecified atom stereocenters. The van der Waals surface area contributed by atoms with E-state index in [9.17, 15) is 9.90 Å². The second-order valence-electron chi connectivity index (χ2n) is 4.32. The highest BCUT2D eigenvalue weighted by Gasteiger charge is 2.11. The van der Waals surface area contributed by atoms with Crippen molar-refractivity contribution < 1.29 is 9.90 Å². The number of carbonyl (C=O) groups excluding carboxylic acids is 1. The third-order valence-electron chi connectivity index (χ3n) is 1.70. The van der Waals surface area contributed by atoms with Gasteiger partial charge in [-0.05, 0) is 20.0 Å². The van der Waals surface area contributed by atoms with Gasteiger partial charge in [-0.25, -0.2) is 0 Å². The summed E-state index contributed by atoms with van der Waals surface area (Å²) in [6.45, 7) is 5.27. The molecule has 0 saturated heterocycles. The quantitative estimate of drug-likeness (QED) is 0.641. The van der Waals surface area contributed by atoms with E-state index in [0.717, 1.165) is 0 Å². The van der Waals surface area contributed by atoms with Crippen LogP contribution in [0.4, 0.5) is 0 Å². The SMILES string of the molecule is CC(C)CNC(=O)C[C@H](O)CN(C)C. The average molecular weight is 202 g/mol. The average Bonchev–Trinajstić information content (AvgIpc) is 1.98. The van der Waals surface area contributed by atoms with Crippen LogP contribution in [-0.4, -0.2) is 49.2 Å². The van der Waals surface area contributed by atoms with Crippen molar-refractivity contribution in [1.82, 2.24) is 10.2 Å². The number of nitrogens with zero attached hydrogens (tertiary/aromatic N) is 1. The summed E-state index contributed by atoms with van der Waals surface area (Å²) in [7, 11) is 3.74. The van der Waals surface area contributed by atoms with Gasteiger partial charge in [0, 0.05) is 13.1 Å². The highest BCUT2D eigenvalue weighted by Crippen LogP contribution is 1.94. The molecule has 2 N–H and O–H groups in total. The van der Waals surface area contributed by atoms with Gasteiger partial charge < -0.3 is 15.3 Å². The van der Waals surface area contributed by atoms with Crippen molar-refractivity contribution in [3.05, 3.63) is 0 Å². The highest BCUT2D eigenvalue weighted by atomic mass is 16.3. The Morgan fingerprint density at radius 1 is 1.43 bits per heavy atom. The number of rotatable bonds is 6. The van der Waals surface area contributed by atoms with Crippen molar-refractivity contribution in [3.8, 4) is 0 Å². The van der Waals surface area contributed by atoms with Crippen LogP contribution in [0.2, 0.25) is 0 Å². The van der Waals surface area contributed by atoms with Crippen LogP contribution in [0.5, 0.6) is 0 Å². The van der Waals surface area contributed by atoms with Gasteiger partial charge in [0.05, 0.1) is 12.5 Å². The zero-order chi connectivity index (χ0) is 11.1. The summed E-state index contributed by atoms with van der Waals surface area (Å²) in [5.41, 5.74) is 0. The predicted octanol–water partition coefficient (Wildman–Crippen LogP) is 0.0712. The first-order valence-electron chi connectivity index (χ1n) is 5.01. The molecule has 0 bridgehead atoms. The molecular formula is C10H22N2O2. The number of carbonyl (C=O) groups is 1. The van der Waals surface area contributed by atoms with Crippen LogP contribution < -0.4 is 5.32 Å². The van der Waals surface area contributed by atoms with Gasteiger partial charge in [0.25, 0.3) is 0 Å². The van der Waals surface area contributed by atoms with Gasteiger partial charge in [0.15, 0.2) is 0 Å². The minimum Gasteiger partial charge on any atom is -0.391 e. The van der Waals surface area contributed by atoms with Crippen LogP contribution in [0, 0.1) is 5.92 Å². The molecule has 1 amide bonds. The monoisotopic (exact) mass is 202 g/mol. The van der Waals surface area contributed by atoms with E-state index >= 15 is 0 Å². The lowest BCUT2D eigenvalue weighted by Gasteiger charge is -2.15. The first-order valence-corrected chi connectivity index (χ1v) is 5.01. The first kappa shape index (κ1) is 13.4. The molecule has 84 valence electrons. The third kappa shape index (κ3) is 8.01. The Balaban J connectivity index is 3.60. The van der Waals surface area contributed by atoms with Gasteiger partial charge in [-0.1, -0.05) is 13.8 Å². The standard InChI is InChI=1S/C10H22N2O2/c1-8(2)6-11-10(14)5-9(13)7-12(3)4/h8-9,13H,5-7H2,1-4H3,(H,11,14)/t9-/m0/s1. The first-order chi connectivity index (χ1) is 6.41. The summed E-state index contributed by atoms with van der Waals surface area (Å²) in [6.07, 6.45) is -0.387. The molecule has 0 rings (SSSR count). The zero-order valence-electron chi connectivity index (χ0n) is 9.58. The number of hydrogen-bond acceptors (Lipinski definition) is 3. The van der Waals surface area contributed by atoms with Crippen molar-refractivity contribution in [2.45, 2.75) is 26.4 Å². The molecule has 0 saturated carbocycles. The van der Waals surface area contributed by atoms with Crippen molar-refractivity contribution in [2.24, 2.45) is 5.92 Å². The Kier molecular flexibility index (Phi) is 6.49. The van der Waals surface area contributed by atoms with Crippen molar-refractivity contribution in [2.75, 3.05) is 27.2 Å². The minimum absolute atomic E-state index is 0.0759. The molecule has 0 aromatic carbocycles. The molecule has 0 aromatic rings. The van der Waals surface area contributed by atoms with Crippen molar-refractivity contribution in [1.29, 1.82) is 0 Å². The summed E-state index contributed by atoms with van der Waals surface area (Å²) < 4.78 is 0. The molecule has 0 heterocycles. The van der Waals surface area contributed by atoms with Crippen LogP contribution in [0.1, 0.15) is 20.3 Å². The molecule has 0 aliphatic heterocycles. The van der Waals surface area contributed by atoms with Gasteiger partial charge in [0.1, 0.15) is 0 Å². The van der Waals surface area contributed by atoms with E-state index in [1.54, 1.807) is 0 Å². The van der Waals surface area contributed by atoms with E-state index in [0.29, 0.717) is 19.0 Å². The lowest BCUT2D eigenvalue weighted by molar-refractivity contribution is -0.123. The summed E-state index contributed by atoms with van der Waals surface area (Å²) in [4.78, 5) is 13.1. The molecule has 14 heavy (non-hydrogen) atoms. The lowest BCUT2D eigenvalue weighted by Crippen LogP contribution is -2.34. The Bertz CT molecular complexity index is 170. The topological polar surface area (TPSA) is 52.6 Å². The fourth-order valence-electron chi connectivity index (χ4n) is 1.09. The second kappa shape index (κ2) is 6.79. The molecular weight excluding hydrogens is 180 g/mol. The number of aliphatic hydroxyl groups is 1. The molecule has 0 radical (unpaired) electrons. The van der Waals surface area contributed by atoms with E-state index in [2.05, 4.69) is 5.32 Å². The number of aliphatic hydroxyl groups excluding tert-OH is 1. The van der Waals surface area contributed by atoms with E-state index in [1.165, 1.54) is 0 Å². The highest BCUT2D eigenvalue weighted by molar-refractivity contribution is 5.76. The summed E-state index contributed by atoms with van der Waals surface area (Å²) in [6, 6.07) is 0. The summed E-state index contributed by atoms with van der Waals surface area (Å²) in [5.74, 6) is 0.373. The van der Waals surface area contributed by atoms with Crippen LogP contribution >= 0.6 is 0 Å². The maximum absolute atomic E-state index is 11.2. The van der Waals surface area contributed by atoms with Gasteiger partial charge in [-0.3, -0.25) is 4.79 Å². The second-order valence-corrected chi connectivity index (χ2v) is 4.32. The maximum atomic E-state index is 11.2. The molecule has 4 nitrogen and oxygen atoms in total. The normalized spacial score (nSPS) is 13.4. The van der Waals surface area contributed by atoms with Crippen LogP contribution in [0.15, 0.2) is 0 Å². The van der Waals surface area contributed by atoms with Gasteiger partial charge >= 0.3 is 0 Å². The fraction of sp³-hybridized carbons (Fsp3) is 0.900. The fourth-order valence-corrected chi connectivity index (χ4v) is 1.09. The van der Waals surface area contributed by atoms with Crippen molar-refractivity contribution >= 4 is 5.91 Å². The molecule has 0 spiro atoms. The molecule has 0 aliphatic rings. The van der Waals surface area contributed by atoms with E-state index < -0.39 is 6.10 Å². The van der Waals surface area contributed by atoms with Crippen molar-refractivity contribution in [3.63, 3.8) is 0 Å². The molecule has 1 atom stereocenters. The Morgan fingerprint density at radius 2 is 2.00 bits per heavy atom. The number of nitrogens with one attached hydrogen (secondary N) is 1. The lowest BCUT2D eigenvalue weighted by atomic mass is 10.2. The van der Waals surface area contributed by atoms with Gasteiger partial charge in [0.2, 0.25) is 5.91 Å². The third-order valence-corrected chi connectivity index (χ3v) is 1.70. The molecule has 0 aliphatic carbocycles. The molecule has 4 heteroatoms. The van der Waals surface area contributed by atoms with Gasteiger partial charge in [-0.2, -0.15) is 0 Å². The Morgan fingerprint density at radius 3 is 2.43 bits per heavy atom. The largest absolute Gasteiger partial charge is 0.391 e. The van der Waals surface area contributed by atoms with Crippen LogP contribution in [0.3, 0.4) is 0 Å². The predicted molar refractivity (Wildman–Crippen MR) is 57.0 cm³/mol. The van der Waals surface area contributed by atoms with Crippen LogP contribution in [0.25, 0.3) is 0 Å². The van der Waals surface area contributed by atoms with Crippen LogP contribution in [-0.2, 0) is 4.79 Å².